The summed E-state index contributed by atoms with van der Waals surface area (Å²) in [7, 11) is 0. The fraction of sp³-hybridized carbons (Fsp3) is 0.455. The minimum Gasteiger partial charge on any atom is -0.475 e. The van der Waals surface area contributed by atoms with E-state index in [-0.39, 0.29) is 28.9 Å². The Balaban J connectivity index is 2.01. The van der Waals surface area contributed by atoms with Crippen LogP contribution in [0.3, 0.4) is 0 Å². The molecule has 0 saturated heterocycles. The van der Waals surface area contributed by atoms with Crippen molar-refractivity contribution in [3.63, 3.8) is 0 Å². The molecular formula is C11H13NO4. The van der Waals surface area contributed by atoms with Crippen LogP contribution in [-0.2, 0) is 0 Å². The molecule has 1 aromatic heterocycles. The minimum absolute atomic E-state index is 0.0418. The number of furan rings is 1. The van der Waals surface area contributed by atoms with Crippen molar-refractivity contribution in [3.8, 4) is 0 Å². The van der Waals surface area contributed by atoms with Crippen molar-refractivity contribution in [1.29, 1.82) is 0 Å². The summed E-state index contributed by atoms with van der Waals surface area (Å²) < 4.78 is 4.89. The molecule has 2 N–H and O–H groups in total. The number of carbonyl (C=O) groups excluding carboxylic acids is 1. The standard InChI is InChI=1S/C11H13NO4/c1-11(2)5-8(11)12-9(13)6-3-4-7(16-6)10(14)15/h3-4,8H,5H2,1-2H3,(H,12,13)(H,14,15). The summed E-state index contributed by atoms with van der Waals surface area (Å²) in [6.45, 7) is 4.12. The van der Waals surface area contributed by atoms with Crippen molar-refractivity contribution in [1.82, 2.24) is 5.32 Å². The van der Waals surface area contributed by atoms with Gasteiger partial charge in [-0.15, -0.1) is 0 Å². The molecule has 0 radical (unpaired) electrons. The van der Waals surface area contributed by atoms with Crippen molar-refractivity contribution in [2.24, 2.45) is 5.41 Å². The molecule has 1 fully saturated rings. The maximum absolute atomic E-state index is 11.6. The van der Waals surface area contributed by atoms with E-state index in [4.69, 9.17) is 9.52 Å². The Kier molecular flexibility index (Phi) is 2.26. The van der Waals surface area contributed by atoms with E-state index in [1.807, 2.05) is 0 Å². The summed E-state index contributed by atoms with van der Waals surface area (Å²) in [5.41, 5.74) is 0.137. The lowest BCUT2D eigenvalue weighted by Gasteiger charge is -2.04. The molecule has 1 unspecified atom stereocenters. The topological polar surface area (TPSA) is 79.5 Å². The van der Waals surface area contributed by atoms with Gasteiger partial charge in [0.15, 0.2) is 5.76 Å². The van der Waals surface area contributed by atoms with E-state index in [1.165, 1.54) is 12.1 Å². The zero-order chi connectivity index (χ0) is 11.9. The number of aromatic carboxylic acids is 1. The SMILES string of the molecule is CC1(C)CC1NC(=O)c1ccc(C(=O)O)o1. The zero-order valence-corrected chi connectivity index (χ0v) is 9.11. The van der Waals surface area contributed by atoms with Gasteiger partial charge >= 0.3 is 5.97 Å². The van der Waals surface area contributed by atoms with Crippen molar-refractivity contribution >= 4 is 11.9 Å². The molecule has 0 aromatic carbocycles. The van der Waals surface area contributed by atoms with E-state index in [2.05, 4.69) is 19.2 Å². The minimum atomic E-state index is -1.18. The maximum atomic E-state index is 11.6. The van der Waals surface area contributed by atoms with Gasteiger partial charge < -0.3 is 14.8 Å². The van der Waals surface area contributed by atoms with E-state index < -0.39 is 5.97 Å². The normalized spacial score (nSPS) is 21.5. The van der Waals surface area contributed by atoms with Crippen molar-refractivity contribution in [2.45, 2.75) is 26.3 Å². The van der Waals surface area contributed by atoms with Crippen LogP contribution in [0.25, 0.3) is 0 Å². The van der Waals surface area contributed by atoms with Crippen LogP contribution in [0.4, 0.5) is 0 Å². The second kappa shape index (κ2) is 3.37. The molecule has 1 amide bonds. The highest BCUT2D eigenvalue weighted by Gasteiger charge is 2.46. The first-order valence-electron chi connectivity index (χ1n) is 5.04. The Morgan fingerprint density at radius 2 is 2.00 bits per heavy atom. The molecule has 5 nitrogen and oxygen atoms in total. The second-order valence-electron chi connectivity index (χ2n) is 4.69. The molecule has 1 aliphatic rings. The Morgan fingerprint density at radius 3 is 2.44 bits per heavy atom. The highest BCUT2D eigenvalue weighted by atomic mass is 16.4. The number of amides is 1. The van der Waals surface area contributed by atoms with Gasteiger partial charge in [0, 0.05) is 6.04 Å². The van der Waals surface area contributed by atoms with Crippen molar-refractivity contribution in [2.75, 3.05) is 0 Å². The third-order valence-corrected chi connectivity index (χ3v) is 2.86. The molecule has 1 heterocycles. The number of hydrogen-bond donors (Lipinski definition) is 2. The second-order valence-corrected chi connectivity index (χ2v) is 4.69. The molecule has 1 aromatic rings. The first kappa shape index (κ1) is 10.7. The van der Waals surface area contributed by atoms with Crippen LogP contribution in [0.2, 0.25) is 0 Å². The number of carboxylic acid groups (broad SMARTS) is 1. The predicted molar refractivity (Wildman–Crippen MR) is 55.3 cm³/mol. The Morgan fingerprint density at radius 1 is 1.44 bits per heavy atom. The highest BCUT2D eigenvalue weighted by molar-refractivity contribution is 5.93. The molecule has 0 spiro atoms. The number of carbonyl (C=O) groups is 2. The van der Waals surface area contributed by atoms with Crippen LogP contribution >= 0.6 is 0 Å². The molecular weight excluding hydrogens is 210 g/mol. The van der Waals surface area contributed by atoms with Gasteiger partial charge in [0.2, 0.25) is 5.76 Å². The molecule has 0 bridgehead atoms. The van der Waals surface area contributed by atoms with Gasteiger partial charge in [0.1, 0.15) is 0 Å². The average Bonchev–Trinajstić information content (AvgIpc) is 2.68. The maximum Gasteiger partial charge on any atom is 0.371 e. The fourth-order valence-electron chi connectivity index (χ4n) is 1.52. The third kappa shape index (κ3) is 1.93. The Hall–Kier alpha value is -1.78. The van der Waals surface area contributed by atoms with Crippen LogP contribution in [0.15, 0.2) is 16.5 Å². The number of hydrogen-bond acceptors (Lipinski definition) is 3. The monoisotopic (exact) mass is 223 g/mol. The van der Waals surface area contributed by atoms with Gasteiger partial charge in [0.05, 0.1) is 0 Å². The van der Waals surface area contributed by atoms with Crippen molar-refractivity contribution in [3.05, 3.63) is 23.7 Å². The van der Waals surface area contributed by atoms with E-state index in [0.29, 0.717) is 0 Å². The Labute approximate surface area is 92.4 Å². The third-order valence-electron chi connectivity index (χ3n) is 2.86. The van der Waals surface area contributed by atoms with E-state index in [1.54, 1.807) is 0 Å². The molecule has 1 aliphatic carbocycles. The lowest BCUT2D eigenvalue weighted by molar-refractivity contribution is 0.0659. The van der Waals surface area contributed by atoms with Crippen LogP contribution < -0.4 is 5.32 Å². The van der Waals surface area contributed by atoms with Gasteiger partial charge in [-0.05, 0) is 24.0 Å². The summed E-state index contributed by atoms with van der Waals surface area (Å²) in [5.74, 6) is -1.71. The predicted octanol–water partition coefficient (Wildman–Crippen LogP) is 1.51. The number of rotatable bonds is 3. The summed E-state index contributed by atoms with van der Waals surface area (Å²) >= 11 is 0. The van der Waals surface area contributed by atoms with E-state index in [0.717, 1.165) is 6.42 Å². The van der Waals surface area contributed by atoms with Gasteiger partial charge in [-0.2, -0.15) is 0 Å². The van der Waals surface area contributed by atoms with Crippen molar-refractivity contribution < 1.29 is 19.1 Å². The summed E-state index contributed by atoms with van der Waals surface area (Å²) in [6, 6.07) is 2.79. The van der Waals surface area contributed by atoms with Gasteiger partial charge in [-0.1, -0.05) is 13.8 Å². The molecule has 86 valence electrons. The molecule has 1 saturated carbocycles. The van der Waals surface area contributed by atoms with Crippen LogP contribution in [0, 0.1) is 5.41 Å². The molecule has 0 aliphatic heterocycles. The van der Waals surface area contributed by atoms with Gasteiger partial charge in [-0.25, -0.2) is 4.79 Å². The van der Waals surface area contributed by atoms with E-state index in [9.17, 15) is 9.59 Å². The number of nitrogens with one attached hydrogen (secondary N) is 1. The summed E-state index contributed by atoms with van der Waals surface area (Å²) in [5, 5.41) is 11.4. The molecule has 16 heavy (non-hydrogen) atoms. The fourth-order valence-corrected chi connectivity index (χ4v) is 1.52. The average molecular weight is 223 g/mol. The van der Waals surface area contributed by atoms with Crippen LogP contribution in [0.1, 0.15) is 41.4 Å². The van der Waals surface area contributed by atoms with E-state index >= 15 is 0 Å². The molecule has 2 rings (SSSR count). The Bertz CT molecular complexity index is 447. The zero-order valence-electron chi connectivity index (χ0n) is 9.11. The lowest BCUT2D eigenvalue weighted by atomic mass is 10.2. The van der Waals surface area contributed by atoms with Crippen LogP contribution in [0.5, 0.6) is 0 Å². The highest BCUT2D eigenvalue weighted by Crippen LogP contribution is 2.44. The largest absolute Gasteiger partial charge is 0.475 e. The summed E-state index contributed by atoms with van der Waals surface area (Å²) in [4.78, 5) is 22.2. The lowest BCUT2D eigenvalue weighted by Crippen LogP contribution is -2.27. The first-order chi connectivity index (χ1) is 7.40. The number of carboxylic acids is 1. The molecule has 5 heteroatoms. The van der Waals surface area contributed by atoms with Gasteiger partial charge in [0.25, 0.3) is 5.91 Å². The van der Waals surface area contributed by atoms with Crippen LogP contribution in [-0.4, -0.2) is 23.0 Å². The molecule has 1 atom stereocenters. The smallest absolute Gasteiger partial charge is 0.371 e. The summed E-state index contributed by atoms with van der Waals surface area (Å²) in [6.07, 6.45) is 0.936. The quantitative estimate of drug-likeness (QED) is 0.813. The van der Waals surface area contributed by atoms with Gasteiger partial charge in [-0.3, -0.25) is 4.79 Å². The first-order valence-corrected chi connectivity index (χ1v) is 5.04.